The molecule has 0 bridgehead atoms. The summed E-state index contributed by atoms with van der Waals surface area (Å²) in [7, 11) is 0. The first-order valence-electron chi connectivity index (χ1n) is 45.8. The number of aryl methyl sites for hydroxylation is 2. The summed E-state index contributed by atoms with van der Waals surface area (Å²) in [6.07, 6.45) is 56.4. The first-order chi connectivity index (χ1) is 58.2. The number of aromatic nitrogens is 4. The number of thiophene rings is 4. The van der Waals surface area contributed by atoms with E-state index in [1.807, 2.05) is 34.8 Å². The highest BCUT2D eigenvalue weighted by Gasteiger charge is 2.41. The van der Waals surface area contributed by atoms with Crippen molar-refractivity contribution in [2.24, 2.45) is 17.8 Å². The van der Waals surface area contributed by atoms with Crippen molar-refractivity contribution in [1.82, 2.24) is 17.9 Å². The van der Waals surface area contributed by atoms with Gasteiger partial charge in [0.1, 0.15) is 11.0 Å². The number of hydrogen-bond donors (Lipinski definition) is 0. The molecule has 7 heterocycles. The van der Waals surface area contributed by atoms with Crippen molar-refractivity contribution in [2.45, 2.75) is 344 Å². The number of allylic oxidation sites excluding steroid dienone is 7. The zero-order valence-corrected chi connectivity index (χ0v) is 75.5. The van der Waals surface area contributed by atoms with Crippen LogP contribution in [0.3, 0.4) is 0 Å². The number of Topliss-reactive ketones (excluding diaryl/α,β-unsaturated/α-hetero) is 2. The summed E-state index contributed by atoms with van der Waals surface area (Å²) in [5.74, 6) is -5.90. The van der Waals surface area contributed by atoms with Crippen molar-refractivity contribution >= 4 is 158 Å². The molecule has 0 spiro atoms. The van der Waals surface area contributed by atoms with Gasteiger partial charge < -0.3 is 9.13 Å². The number of unbranched alkanes of at least 4 members (excludes halogenated alkanes) is 32. The average Bonchev–Trinajstić information content (AvgIpc) is 1.50. The SMILES string of the molecule is [C-]#[N+]C(C#N)=C1/C(=C/C=C/c2sc3c(sc4c5c6nsnc6c6c7sc8c(CCCCCCCCCCC)c(CC9C(=O)c%10cc(F)c(F)cc%10/C9=C(\C#N)[N+]#[C-])sc8c7n(CC(CCCCCC)CCCCCCCC)c6c5n(CC(CCCCCC)CCCCCCCC)c34)c2CCCCCCCCCCC)C(=O)c2cc(F)c(F)cc21. The number of rotatable bonds is 52. The summed E-state index contributed by atoms with van der Waals surface area (Å²) in [5, 5.41) is 23.3. The Morgan fingerprint density at radius 2 is 0.849 bits per heavy atom. The standard InChI is InChI=1S/C100H122F4N8O2S5/c1-9-15-21-27-31-33-35-39-45-52-67-81(55-47-54-69-83(79(61-105)107-7)70-56-75(101)77(103)58-72(70)93(69)113)115-99-91-97(117-95(67)99)85-87-88(110-119-109-87)86-90(89(85)111(91)63-65(48-41-25-19-13-5)50-43-37-29-23-17-11-3)112(64-66(49-42-26-20-14-6)51-44-38-30-24-18-12-4)92-98(86)118-96-68(53-46-40-36-34-32-28-22-16-10-2)82(116-100(92)96)60-74-84(80(62-106)108-8)71-57-76(102)78(104)59-73(71)94(74)114/h47,54-59,65-66,74H,9-46,48-53,60,63-64H2,1-6H3/b55-47+,69-54-,83-79?,84-80-. The van der Waals surface area contributed by atoms with Gasteiger partial charge in [0, 0.05) is 61.8 Å². The van der Waals surface area contributed by atoms with Crippen molar-refractivity contribution in [3.63, 3.8) is 0 Å². The summed E-state index contributed by atoms with van der Waals surface area (Å²) >= 11 is 8.52. The van der Waals surface area contributed by atoms with Gasteiger partial charge in [-0.05, 0) is 128 Å². The third kappa shape index (κ3) is 20.7. The first-order valence-corrected chi connectivity index (χ1v) is 49.8. The van der Waals surface area contributed by atoms with Crippen LogP contribution in [0.4, 0.5) is 17.6 Å². The zero-order valence-electron chi connectivity index (χ0n) is 71.5. The van der Waals surface area contributed by atoms with E-state index >= 15 is 22.4 Å². The van der Waals surface area contributed by atoms with Crippen LogP contribution in [0.5, 0.6) is 0 Å². The predicted octanol–water partition coefficient (Wildman–Crippen LogP) is 33.0. The molecule has 7 aromatic heterocycles. The smallest absolute Gasteiger partial charge is 0.270 e. The summed E-state index contributed by atoms with van der Waals surface area (Å²) in [6, 6.07) is 7.79. The highest BCUT2D eigenvalue weighted by atomic mass is 32.1. The van der Waals surface area contributed by atoms with Crippen LogP contribution in [0.25, 0.3) is 99.0 Å². The van der Waals surface area contributed by atoms with Crippen molar-refractivity contribution in [2.75, 3.05) is 0 Å². The lowest BCUT2D eigenvalue weighted by Gasteiger charge is -2.22. The van der Waals surface area contributed by atoms with Gasteiger partial charge in [0.25, 0.3) is 11.4 Å². The maximum absolute atomic E-state index is 15.5. The molecule has 0 aliphatic heterocycles. The number of nitrogens with zero attached hydrogens (tertiary/aromatic N) is 8. The van der Waals surface area contributed by atoms with Crippen molar-refractivity contribution in [3.05, 3.63) is 143 Å². The molecule has 12 rings (SSSR count). The Balaban J connectivity index is 1.13. The topological polar surface area (TPSA) is 126 Å². The molecule has 10 nitrogen and oxygen atoms in total. The van der Waals surface area contributed by atoms with Gasteiger partial charge in [0.15, 0.2) is 34.8 Å². The molecule has 3 atom stereocenters. The molecule has 19 heteroatoms. The maximum Gasteiger partial charge on any atom is 0.270 e. The van der Waals surface area contributed by atoms with E-state index in [-0.39, 0.29) is 56.8 Å². The maximum atomic E-state index is 15.5. The van der Waals surface area contributed by atoms with E-state index in [0.29, 0.717) is 11.8 Å². The van der Waals surface area contributed by atoms with Gasteiger partial charge in [-0.2, -0.15) is 8.75 Å². The Bertz CT molecular complexity index is 5490. The number of hydrogen-bond acceptors (Lipinski definition) is 11. The van der Waals surface area contributed by atoms with Crippen LogP contribution < -0.4 is 0 Å². The van der Waals surface area contributed by atoms with E-state index in [9.17, 15) is 15.3 Å². The Labute approximate surface area is 724 Å². The Kier molecular flexibility index (Phi) is 34.2. The number of nitriles is 2. The number of halogens is 4. The highest BCUT2D eigenvalue weighted by Crippen LogP contribution is 2.57. The van der Waals surface area contributed by atoms with Gasteiger partial charge in [0.05, 0.1) is 87.3 Å². The summed E-state index contributed by atoms with van der Waals surface area (Å²) < 4.78 is 84.7. The van der Waals surface area contributed by atoms with Crippen LogP contribution in [-0.4, -0.2) is 29.4 Å². The molecule has 119 heavy (non-hydrogen) atoms. The lowest BCUT2D eigenvalue weighted by atomic mass is 9.91. The molecule has 2 aliphatic carbocycles. The van der Waals surface area contributed by atoms with Crippen LogP contribution in [0, 0.1) is 76.8 Å². The Morgan fingerprint density at radius 3 is 1.29 bits per heavy atom. The molecule has 3 aromatic carbocycles. The second-order valence-electron chi connectivity index (χ2n) is 34.1. The summed E-state index contributed by atoms with van der Waals surface area (Å²) in [4.78, 5) is 38.7. The van der Waals surface area contributed by atoms with Crippen LogP contribution in [0.15, 0.2) is 53.4 Å². The second kappa shape index (κ2) is 45.0. The van der Waals surface area contributed by atoms with Crippen LogP contribution in [0.2, 0.25) is 0 Å². The van der Waals surface area contributed by atoms with Crippen LogP contribution in [-0.2, 0) is 32.4 Å². The molecule has 3 unspecified atom stereocenters. The lowest BCUT2D eigenvalue weighted by molar-refractivity contribution is 0.0957. The van der Waals surface area contributed by atoms with E-state index in [0.717, 1.165) is 189 Å². The number of fused-ring (bicyclic) bond motifs is 16. The molecule has 0 amide bonds. The number of benzene rings is 3. The van der Waals surface area contributed by atoms with E-state index in [1.54, 1.807) is 28.7 Å². The zero-order chi connectivity index (χ0) is 83.9. The third-order valence-corrected chi connectivity index (χ3v) is 31.3. The Hall–Kier alpha value is -7.62. The van der Waals surface area contributed by atoms with Gasteiger partial charge in [-0.25, -0.2) is 37.8 Å². The molecule has 0 saturated carbocycles. The van der Waals surface area contributed by atoms with Crippen molar-refractivity contribution < 1.29 is 27.2 Å². The van der Waals surface area contributed by atoms with Gasteiger partial charge >= 0.3 is 0 Å². The molecule has 0 radical (unpaired) electrons. The highest BCUT2D eigenvalue weighted by molar-refractivity contribution is 7.34. The normalized spacial score (nSPS) is 15.4. The van der Waals surface area contributed by atoms with Gasteiger partial charge in [-0.1, -0.05) is 285 Å². The fourth-order valence-electron chi connectivity index (χ4n) is 19.1. The predicted molar refractivity (Wildman–Crippen MR) is 496 cm³/mol. The third-order valence-electron chi connectivity index (χ3n) is 25.5. The van der Waals surface area contributed by atoms with Crippen molar-refractivity contribution in [3.8, 4) is 12.1 Å². The lowest BCUT2D eigenvalue weighted by Crippen LogP contribution is -2.14. The number of ketones is 2. The molecule has 632 valence electrons. The fraction of sp³-hybridized carbons (Fsp3) is 0.560. The molecule has 0 fully saturated rings. The van der Waals surface area contributed by atoms with E-state index in [2.05, 4.69) is 72.5 Å². The molecular formula is C100H122F4N8O2S5. The molecule has 2 aliphatic rings. The van der Waals surface area contributed by atoms with Crippen molar-refractivity contribution in [1.29, 1.82) is 10.5 Å². The Morgan fingerprint density at radius 1 is 0.462 bits per heavy atom. The van der Waals surface area contributed by atoms with E-state index in [1.165, 1.54) is 235 Å². The van der Waals surface area contributed by atoms with E-state index in [4.69, 9.17) is 21.9 Å². The van der Waals surface area contributed by atoms with Crippen LogP contribution >= 0.6 is 57.1 Å². The van der Waals surface area contributed by atoms with Gasteiger partial charge in [-0.3, -0.25) is 9.59 Å². The monoisotopic (exact) mass is 1700 g/mol. The summed E-state index contributed by atoms with van der Waals surface area (Å²) in [6.45, 7) is 31.5. The fourth-order valence-corrected chi connectivity index (χ4v) is 25.7. The quantitative estimate of drug-likeness (QED) is 0.0123. The van der Waals surface area contributed by atoms with Gasteiger partial charge in [0.2, 0.25) is 0 Å². The minimum absolute atomic E-state index is 0.00366. The molecule has 10 aromatic rings. The molecule has 0 saturated heterocycles. The minimum atomic E-state index is -1.18. The minimum Gasteiger partial charge on any atom is -0.337 e. The molecule has 0 N–H and O–H groups in total. The second-order valence-corrected chi connectivity index (χ2v) is 38.8. The number of carbonyl (C=O) groups excluding carboxylic acids is 2. The average molecular weight is 1700 g/mol. The first kappa shape index (κ1) is 90.6. The van der Waals surface area contributed by atoms with E-state index < -0.39 is 40.8 Å². The van der Waals surface area contributed by atoms with Gasteiger partial charge in [-0.15, -0.1) is 45.3 Å². The molecular weight excluding hydrogens is 1580 g/mol. The summed E-state index contributed by atoms with van der Waals surface area (Å²) in [5.41, 5.74) is 8.65. The van der Waals surface area contributed by atoms with Crippen LogP contribution in [0.1, 0.15) is 364 Å². The number of carbonyl (C=O) groups is 2. The largest absolute Gasteiger partial charge is 0.337 e.